The van der Waals surface area contributed by atoms with Gasteiger partial charge in [0.2, 0.25) is 5.91 Å². The number of nitrogens with two attached hydrogens (primary N) is 1. The molecule has 0 atom stereocenters. The summed E-state index contributed by atoms with van der Waals surface area (Å²) in [7, 11) is 0. The van der Waals surface area contributed by atoms with E-state index in [-0.39, 0.29) is 5.56 Å². The normalized spacial score (nSPS) is 9.92. The summed E-state index contributed by atoms with van der Waals surface area (Å²) in [6.07, 6.45) is 0. The minimum atomic E-state index is -0.633. The summed E-state index contributed by atoms with van der Waals surface area (Å²) < 4.78 is 13.9. The molecule has 0 aliphatic rings. The third-order valence-corrected chi connectivity index (χ3v) is 3.73. The number of carbonyl (C=O) groups excluding carboxylic acids is 1. The molecule has 1 rings (SSSR count). The van der Waals surface area contributed by atoms with Crippen molar-refractivity contribution >= 4 is 44.4 Å². The van der Waals surface area contributed by atoms with Crippen LogP contribution in [-0.2, 0) is 0 Å². The van der Waals surface area contributed by atoms with Crippen molar-refractivity contribution in [1.29, 1.82) is 0 Å². The number of rotatable bonds is 1. The second-order valence-electron chi connectivity index (χ2n) is 2.12. The summed E-state index contributed by atoms with van der Waals surface area (Å²) in [5, 5.41) is 0. The third-order valence-electron chi connectivity index (χ3n) is 1.27. The van der Waals surface area contributed by atoms with Gasteiger partial charge in [0.1, 0.15) is 5.82 Å². The lowest BCUT2D eigenvalue weighted by Gasteiger charge is -2.00. The highest BCUT2D eigenvalue weighted by molar-refractivity contribution is 14.1. The van der Waals surface area contributed by atoms with E-state index in [4.69, 9.17) is 5.73 Å². The van der Waals surface area contributed by atoms with Crippen LogP contribution in [0.5, 0.6) is 0 Å². The van der Waals surface area contributed by atoms with Crippen molar-refractivity contribution < 1.29 is 9.18 Å². The van der Waals surface area contributed by atoms with E-state index in [2.05, 4.69) is 15.9 Å². The Bertz CT molecular complexity index is 319. The SMILES string of the molecule is NC(=O)c1cc(F)c(I)c(Br)c1. The molecule has 1 aromatic rings. The van der Waals surface area contributed by atoms with Gasteiger partial charge in [0.25, 0.3) is 0 Å². The van der Waals surface area contributed by atoms with Crippen LogP contribution in [0.15, 0.2) is 16.6 Å². The fourth-order valence-corrected chi connectivity index (χ4v) is 1.45. The van der Waals surface area contributed by atoms with Crippen LogP contribution in [0.2, 0.25) is 0 Å². The summed E-state index contributed by atoms with van der Waals surface area (Å²) in [6.45, 7) is 0. The molecule has 1 amide bonds. The lowest BCUT2D eigenvalue weighted by Crippen LogP contribution is -2.11. The lowest BCUT2D eigenvalue weighted by atomic mass is 10.2. The van der Waals surface area contributed by atoms with E-state index in [0.717, 1.165) is 6.07 Å². The first-order valence-electron chi connectivity index (χ1n) is 2.96. The first-order chi connectivity index (χ1) is 5.52. The Morgan fingerprint density at radius 3 is 2.58 bits per heavy atom. The number of hydrogen-bond acceptors (Lipinski definition) is 1. The second-order valence-corrected chi connectivity index (χ2v) is 4.05. The van der Waals surface area contributed by atoms with Crippen molar-refractivity contribution in [2.24, 2.45) is 5.73 Å². The molecule has 1 aromatic carbocycles. The predicted octanol–water partition coefficient (Wildman–Crippen LogP) is 2.29. The van der Waals surface area contributed by atoms with E-state index in [9.17, 15) is 9.18 Å². The molecule has 2 N–H and O–H groups in total. The van der Waals surface area contributed by atoms with Gasteiger partial charge >= 0.3 is 0 Å². The summed E-state index contributed by atoms with van der Waals surface area (Å²) in [5.74, 6) is -1.08. The first kappa shape index (κ1) is 9.91. The van der Waals surface area contributed by atoms with Gasteiger partial charge in [0, 0.05) is 10.0 Å². The summed E-state index contributed by atoms with van der Waals surface area (Å²) in [4.78, 5) is 10.6. The molecule has 0 saturated carbocycles. The van der Waals surface area contributed by atoms with Crippen LogP contribution in [0.25, 0.3) is 0 Å². The fraction of sp³-hybridized carbons (Fsp3) is 0. The second kappa shape index (κ2) is 3.69. The van der Waals surface area contributed by atoms with Gasteiger partial charge in [-0.2, -0.15) is 0 Å². The van der Waals surface area contributed by atoms with Crippen LogP contribution < -0.4 is 5.73 Å². The van der Waals surface area contributed by atoms with Crippen LogP contribution in [0, 0.1) is 9.39 Å². The maximum atomic E-state index is 13.0. The molecule has 0 heterocycles. The van der Waals surface area contributed by atoms with Crippen molar-refractivity contribution in [3.05, 3.63) is 31.6 Å². The molecule has 0 radical (unpaired) electrons. The number of benzene rings is 1. The summed E-state index contributed by atoms with van der Waals surface area (Å²) >= 11 is 4.94. The molecule has 0 saturated heterocycles. The van der Waals surface area contributed by atoms with Gasteiger partial charge in [-0.1, -0.05) is 0 Å². The molecule has 2 nitrogen and oxygen atoms in total. The maximum Gasteiger partial charge on any atom is 0.248 e. The van der Waals surface area contributed by atoms with Crippen LogP contribution in [-0.4, -0.2) is 5.91 Å². The van der Waals surface area contributed by atoms with Crippen molar-refractivity contribution in [2.45, 2.75) is 0 Å². The van der Waals surface area contributed by atoms with E-state index >= 15 is 0 Å². The van der Waals surface area contributed by atoms with E-state index in [0.29, 0.717) is 8.04 Å². The zero-order valence-corrected chi connectivity index (χ0v) is 9.52. The Morgan fingerprint density at radius 2 is 2.17 bits per heavy atom. The maximum absolute atomic E-state index is 13.0. The highest BCUT2D eigenvalue weighted by Crippen LogP contribution is 2.23. The van der Waals surface area contributed by atoms with Crippen LogP contribution in [0.1, 0.15) is 10.4 Å². The van der Waals surface area contributed by atoms with Gasteiger partial charge in [-0.05, 0) is 50.7 Å². The Kier molecular flexibility index (Phi) is 3.05. The number of hydrogen-bond donors (Lipinski definition) is 1. The Hall–Kier alpha value is -0.170. The molecule has 0 fully saturated rings. The number of primary amides is 1. The van der Waals surface area contributed by atoms with E-state index in [1.807, 2.05) is 22.6 Å². The van der Waals surface area contributed by atoms with Gasteiger partial charge in [-0.3, -0.25) is 4.79 Å². The fourth-order valence-electron chi connectivity index (χ4n) is 0.698. The molecule has 0 unspecified atom stereocenters. The van der Waals surface area contributed by atoms with Gasteiger partial charge in [-0.15, -0.1) is 0 Å². The van der Waals surface area contributed by atoms with Crippen LogP contribution in [0.3, 0.4) is 0 Å². The van der Waals surface area contributed by atoms with E-state index < -0.39 is 11.7 Å². The van der Waals surface area contributed by atoms with Gasteiger partial charge < -0.3 is 5.73 Å². The van der Waals surface area contributed by atoms with E-state index in [1.165, 1.54) is 6.07 Å². The summed E-state index contributed by atoms with van der Waals surface area (Å²) in [6, 6.07) is 2.61. The lowest BCUT2D eigenvalue weighted by molar-refractivity contribution is 0.1000. The standard InChI is InChI=1S/C7H4BrFINO/c8-4-1-3(7(11)12)2-5(9)6(4)10/h1-2H,(H2,11,12). The van der Waals surface area contributed by atoms with Gasteiger partial charge in [-0.25, -0.2) is 4.39 Å². The minimum Gasteiger partial charge on any atom is -0.366 e. The largest absolute Gasteiger partial charge is 0.366 e. The third kappa shape index (κ3) is 1.95. The Morgan fingerprint density at radius 1 is 1.58 bits per heavy atom. The molecule has 64 valence electrons. The molecule has 0 bridgehead atoms. The van der Waals surface area contributed by atoms with Crippen molar-refractivity contribution in [2.75, 3.05) is 0 Å². The summed E-state index contributed by atoms with van der Waals surface area (Å²) in [5.41, 5.74) is 5.14. The first-order valence-corrected chi connectivity index (χ1v) is 4.84. The average Bonchev–Trinajstić information content (AvgIpc) is 1.99. The van der Waals surface area contributed by atoms with Gasteiger partial charge in [0.05, 0.1) is 3.57 Å². The molecular weight excluding hydrogens is 340 g/mol. The Labute approximate surface area is 90.6 Å². The molecule has 0 aliphatic carbocycles. The smallest absolute Gasteiger partial charge is 0.248 e. The predicted molar refractivity (Wildman–Crippen MR) is 55.3 cm³/mol. The van der Waals surface area contributed by atoms with Gasteiger partial charge in [0.15, 0.2) is 0 Å². The number of carbonyl (C=O) groups is 1. The van der Waals surface area contributed by atoms with Crippen molar-refractivity contribution in [3.63, 3.8) is 0 Å². The zero-order chi connectivity index (χ0) is 9.30. The highest BCUT2D eigenvalue weighted by atomic mass is 127. The molecule has 0 aliphatic heterocycles. The molecule has 0 aromatic heterocycles. The Balaban J connectivity index is 3.31. The number of amides is 1. The quantitative estimate of drug-likeness (QED) is 0.617. The topological polar surface area (TPSA) is 43.1 Å². The molecule has 12 heavy (non-hydrogen) atoms. The van der Waals surface area contributed by atoms with Crippen LogP contribution >= 0.6 is 38.5 Å². The van der Waals surface area contributed by atoms with Crippen LogP contribution in [0.4, 0.5) is 4.39 Å². The number of halogens is 3. The molecule has 0 spiro atoms. The average molecular weight is 344 g/mol. The minimum absolute atomic E-state index is 0.166. The highest BCUT2D eigenvalue weighted by Gasteiger charge is 2.08. The van der Waals surface area contributed by atoms with E-state index in [1.54, 1.807) is 0 Å². The van der Waals surface area contributed by atoms with Crippen molar-refractivity contribution in [3.8, 4) is 0 Å². The molecule has 5 heteroatoms. The molecular formula is C7H4BrFINO. The van der Waals surface area contributed by atoms with Crippen molar-refractivity contribution in [1.82, 2.24) is 0 Å². The zero-order valence-electron chi connectivity index (χ0n) is 5.77. The monoisotopic (exact) mass is 343 g/mol.